The summed E-state index contributed by atoms with van der Waals surface area (Å²) in [6.07, 6.45) is 3.99. The molecule has 8 heteroatoms. The first-order valence-electron chi connectivity index (χ1n) is 18.5. The highest BCUT2D eigenvalue weighted by Gasteiger charge is 2.39. The zero-order valence-corrected chi connectivity index (χ0v) is 30.2. The molecule has 2 heterocycles. The molecule has 4 amide bonds. The molecule has 55 heavy (non-hydrogen) atoms. The standard InChI is InChI=1S/C47H34N2O6/c1-47(2,31-9-15-35(16-10-31)54-37-19-21-39-41(25-37)45(52)48(43(39)50)33-13-7-27-3-5-29(27)23-33)32-11-17-36(18-12-32)55-38-20-22-40-42(26-38)46(53)49(44(40)51)34-14-8-28-4-6-30(28)24-34/h7-26H,3-6H2,1-2H3. The zero-order valence-electron chi connectivity index (χ0n) is 30.2. The van der Waals surface area contributed by atoms with Gasteiger partial charge in [0.15, 0.2) is 0 Å². The number of aryl methyl sites for hydroxylation is 4. The predicted molar refractivity (Wildman–Crippen MR) is 208 cm³/mol. The summed E-state index contributed by atoms with van der Waals surface area (Å²) < 4.78 is 12.3. The Morgan fingerprint density at radius 1 is 0.400 bits per heavy atom. The van der Waals surface area contributed by atoms with Crippen molar-refractivity contribution in [2.24, 2.45) is 0 Å². The van der Waals surface area contributed by atoms with Crippen molar-refractivity contribution in [2.75, 3.05) is 9.80 Å². The van der Waals surface area contributed by atoms with Crippen LogP contribution >= 0.6 is 0 Å². The monoisotopic (exact) mass is 722 g/mol. The van der Waals surface area contributed by atoms with Crippen LogP contribution in [-0.4, -0.2) is 23.6 Å². The third kappa shape index (κ3) is 5.28. The van der Waals surface area contributed by atoms with Crippen LogP contribution in [0.25, 0.3) is 0 Å². The molecule has 4 aliphatic rings. The number of benzene rings is 6. The number of hydrogen-bond donors (Lipinski definition) is 0. The Balaban J connectivity index is 0.808. The Bertz CT molecular complexity index is 2480. The fourth-order valence-electron chi connectivity index (χ4n) is 8.00. The lowest BCUT2D eigenvalue weighted by molar-refractivity contribution is 0.0910. The number of carbonyl (C=O) groups excluding carboxylic acids is 4. The summed E-state index contributed by atoms with van der Waals surface area (Å²) in [7, 11) is 0. The van der Waals surface area contributed by atoms with Crippen LogP contribution in [0.2, 0.25) is 0 Å². The van der Waals surface area contributed by atoms with Crippen LogP contribution in [0.15, 0.2) is 121 Å². The number of anilines is 2. The summed E-state index contributed by atoms with van der Waals surface area (Å²) in [5.74, 6) is 0.818. The third-order valence-electron chi connectivity index (χ3n) is 11.6. The molecule has 0 radical (unpaired) electrons. The Morgan fingerprint density at radius 2 is 0.764 bits per heavy atom. The van der Waals surface area contributed by atoms with Gasteiger partial charge in [0, 0.05) is 5.41 Å². The van der Waals surface area contributed by atoms with Crippen LogP contribution in [0.3, 0.4) is 0 Å². The van der Waals surface area contributed by atoms with Gasteiger partial charge in [0.2, 0.25) is 0 Å². The molecule has 0 N–H and O–H groups in total. The maximum Gasteiger partial charge on any atom is 0.266 e. The van der Waals surface area contributed by atoms with Crippen molar-refractivity contribution in [3.8, 4) is 23.0 Å². The van der Waals surface area contributed by atoms with Gasteiger partial charge < -0.3 is 9.47 Å². The second kappa shape index (κ2) is 12.1. The highest BCUT2D eigenvalue weighted by Crippen LogP contribution is 2.39. The normalized spacial score (nSPS) is 15.2. The summed E-state index contributed by atoms with van der Waals surface area (Å²) in [4.78, 5) is 55.7. The number of fused-ring (bicyclic) bond motifs is 4. The van der Waals surface area contributed by atoms with E-state index in [1.54, 1.807) is 36.4 Å². The number of carbonyl (C=O) groups is 4. The minimum absolute atomic E-state index is 0.322. The van der Waals surface area contributed by atoms with Crippen LogP contribution in [0.5, 0.6) is 23.0 Å². The lowest BCUT2D eigenvalue weighted by Gasteiger charge is -2.26. The SMILES string of the molecule is CC(C)(c1ccc(Oc2ccc3c(c2)C(=O)N(c2ccc4c(c2)CC4)C3=O)cc1)c1ccc(Oc2ccc3c(c2)C(=O)N(c2ccc4c(c2)CC4)C3=O)cc1. The highest BCUT2D eigenvalue weighted by atomic mass is 16.5. The smallest absolute Gasteiger partial charge is 0.266 e. The van der Waals surface area contributed by atoms with E-state index in [0.717, 1.165) is 36.8 Å². The Labute approximate surface area is 317 Å². The first kappa shape index (κ1) is 32.8. The van der Waals surface area contributed by atoms with E-state index in [9.17, 15) is 19.2 Å². The van der Waals surface area contributed by atoms with Crippen molar-refractivity contribution in [2.45, 2.75) is 44.9 Å². The van der Waals surface area contributed by atoms with Crippen LogP contribution in [-0.2, 0) is 31.1 Å². The fraction of sp³-hybridized carbons (Fsp3) is 0.149. The lowest BCUT2D eigenvalue weighted by Crippen LogP contribution is -2.29. The molecule has 0 saturated carbocycles. The van der Waals surface area contributed by atoms with Crippen LogP contribution in [0, 0.1) is 0 Å². The maximum atomic E-state index is 13.4. The predicted octanol–water partition coefficient (Wildman–Crippen LogP) is 9.40. The van der Waals surface area contributed by atoms with Gasteiger partial charge in [0.25, 0.3) is 23.6 Å². The van der Waals surface area contributed by atoms with E-state index in [1.807, 2.05) is 84.9 Å². The molecule has 6 aromatic rings. The molecule has 0 spiro atoms. The van der Waals surface area contributed by atoms with Gasteiger partial charge >= 0.3 is 0 Å². The van der Waals surface area contributed by atoms with E-state index in [-0.39, 0.29) is 29.0 Å². The molecule has 0 aromatic heterocycles. The molecule has 10 rings (SSSR count). The van der Waals surface area contributed by atoms with Crippen molar-refractivity contribution in [1.29, 1.82) is 0 Å². The van der Waals surface area contributed by atoms with Gasteiger partial charge in [-0.15, -0.1) is 0 Å². The van der Waals surface area contributed by atoms with Crippen molar-refractivity contribution in [1.82, 2.24) is 0 Å². The molecule has 0 unspecified atom stereocenters. The van der Waals surface area contributed by atoms with Gasteiger partial charge in [-0.1, -0.05) is 50.2 Å². The zero-order chi connectivity index (χ0) is 37.6. The van der Waals surface area contributed by atoms with Crippen LogP contribution < -0.4 is 19.3 Å². The van der Waals surface area contributed by atoms with Crippen molar-refractivity contribution in [3.05, 3.63) is 177 Å². The molecule has 8 nitrogen and oxygen atoms in total. The van der Waals surface area contributed by atoms with E-state index >= 15 is 0 Å². The van der Waals surface area contributed by atoms with Crippen molar-refractivity contribution in [3.63, 3.8) is 0 Å². The van der Waals surface area contributed by atoms with Crippen LogP contribution in [0.4, 0.5) is 11.4 Å². The molecule has 2 aliphatic carbocycles. The largest absolute Gasteiger partial charge is 0.457 e. The Kier molecular flexibility index (Phi) is 7.23. The number of rotatable bonds is 8. The van der Waals surface area contributed by atoms with Gasteiger partial charge in [-0.05, 0) is 144 Å². The van der Waals surface area contributed by atoms with Crippen molar-refractivity contribution < 1.29 is 28.7 Å². The average Bonchev–Trinajstić information content (AvgIpc) is 3.56. The van der Waals surface area contributed by atoms with E-state index < -0.39 is 0 Å². The first-order valence-corrected chi connectivity index (χ1v) is 18.5. The van der Waals surface area contributed by atoms with Gasteiger partial charge in [-0.25, -0.2) is 9.80 Å². The average molecular weight is 723 g/mol. The van der Waals surface area contributed by atoms with E-state index in [0.29, 0.717) is 56.6 Å². The summed E-state index contributed by atoms with van der Waals surface area (Å²) in [5, 5.41) is 0. The molecule has 268 valence electrons. The second-order valence-electron chi connectivity index (χ2n) is 15.1. The summed E-state index contributed by atoms with van der Waals surface area (Å²) in [5.41, 5.74) is 9.28. The Hall–Kier alpha value is -6.80. The number of nitrogens with zero attached hydrogens (tertiary/aromatic N) is 2. The molecule has 0 fully saturated rings. The lowest BCUT2D eigenvalue weighted by atomic mass is 9.78. The Morgan fingerprint density at radius 3 is 1.13 bits per heavy atom. The fourth-order valence-corrected chi connectivity index (χ4v) is 8.00. The summed E-state index contributed by atoms with van der Waals surface area (Å²) in [6, 6.07) is 37.2. The molecular formula is C47H34N2O6. The van der Waals surface area contributed by atoms with Crippen LogP contribution in [0.1, 0.15) is 88.7 Å². The van der Waals surface area contributed by atoms with E-state index in [4.69, 9.17) is 9.47 Å². The quantitative estimate of drug-likeness (QED) is 0.145. The molecular weight excluding hydrogens is 689 g/mol. The molecule has 2 aliphatic heterocycles. The molecule has 0 saturated heterocycles. The number of ether oxygens (including phenoxy) is 2. The topological polar surface area (TPSA) is 93.2 Å². The number of imide groups is 2. The van der Waals surface area contributed by atoms with E-state index in [2.05, 4.69) is 13.8 Å². The van der Waals surface area contributed by atoms with Gasteiger partial charge in [0.1, 0.15) is 23.0 Å². The molecule has 0 atom stereocenters. The maximum absolute atomic E-state index is 13.4. The van der Waals surface area contributed by atoms with Gasteiger partial charge in [0.05, 0.1) is 33.6 Å². The first-order chi connectivity index (χ1) is 26.6. The summed E-state index contributed by atoms with van der Waals surface area (Å²) in [6.45, 7) is 4.28. The minimum Gasteiger partial charge on any atom is -0.457 e. The number of hydrogen-bond acceptors (Lipinski definition) is 6. The second-order valence-corrected chi connectivity index (χ2v) is 15.1. The molecule has 0 bridgehead atoms. The number of amides is 4. The van der Waals surface area contributed by atoms with Gasteiger partial charge in [-0.3, -0.25) is 19.2 Å². The van der Waals surface area contributed by atoms with E-state index in [1.165, 1.54) is 32.1 Å². The molecule has 6 aromatic carbocycles. The van der Waals surface area contributed by atoms with Crippen molar-refractivity contribution >= 4 is 35.0 Å². The third-order valence-corrected chi connectivity index (χ3v) is 11.6. The highest BCUT2D eigenvalue weighted by molar-refractivity contribution is 6.35. The minimum atomic E-state index is -0.359. The van der Waals surface area contributed by atoms with Gasteiger partial charge in [-0.2, -0.15) is 0 Å². The summed E-state index contributed by atoms with van der Waals surface area (Å²) >= 11 is 0.